The number of aromatic nitrogens is 2. The molecular weight excluding hydrogens is 314 g/mol. The van der Waals surface area contributed by atoms with E-state index in [1.54, 1.807) is 4.90 Å². The maximum Gasteiger partial charge on any atom is 0.227 e. The van der Waals surface area contributed by atoms with Crippen LogP contribution in [0.1, 0.15) is 5.56 Å². The van der Waals surface area contributed by atoms with Crippen molar-refractivity contribution in [1.82, 2.24) is 24.9 Å². The Labute approximate surface area is 149 Å². The van der Waals surface area contributed by atoms with Crippen molar-refractivity contribution in [2.45, 2.75) is 6.54 Å². The molecule has 1 aromatic heterocycles. The number of H-pyrrole nitrogens is 1. The third-order valence-corrected chi connectivity index (χ3v) is 4.77. The quantitative estimate of drug-likeness (QED) is 0.916. The Kier molecular flexibility index (Phi) is 5.50. The molecule has 0 saturated carbocycles. The van der Waals surface area contributed by atoms with Crippen molar-refractivity contribution in [1.29, 1.82) is 0 Å². The molecule has 2 aromatic rings. The molecule has 1 N–H and O–H groups in total. The van der Waals surface area contributed by atoms with Crippen LogP contribution in [0.5, 0.6) is 0 Å². The van der Waals surface area contributed by atoms with E-state index in [9.17, 15) is 4.79 Å². The zero-order valence-electron chi connectivity index (χ0n) is 15.3. The molecule has 25 heavy (non-hydrogen) atoms. The van der Waals surface area contributed by atoms with Crippen LogP contribution in [0, 0.1) is 5.92 Å². The molecule has 0 bridgehead atoms. The van der Waals surface area contributed by atoms with E-state index in [1.807, 2.05) is 38.5 Å². The standard InChI is InChI=1S/C19H27N5O/c1-22(2)19(25)17-12-23(3)9-10-24(14-17)13-16-11-20-21-18(16)15-7-5-4-6-8-15/h4-8,11,17H,9-10,12-14H2,1-3H3,(H,20,21)/t17-/m1/s1. The Hall–Kier alpha value is -2.18. The molecule has 0 radical (unpaired) electrons. The lowest BCUT2D eigenvalue weighted by molar-refractivity contribution is -0.133. The molecule has 1 fully saturated rings. The predicted molar refractivity (Wildman–Crippen MR) is 99.0 cm³/mol. The molecule has 1 aliphatic heterocycles. The number of aromatic amines is 1. The summed E-state index contributed by atoms with van der Waals surface area (Å²) in [6.07, 6.45) is 1.90. The Morgan fingerprint density at radius 2 is 2.00 bits per heavy atom. The van der Waals surface area contributed by atoms with Gasteiger partial charge in [-0.15, -0.1) is 0 Å². The normalized spacial score (nSPS) is 19.6. The molecule has 1 aliphatic rings. The van der Waals surface area contributed by atoms with E-state index in [1.165, 1.54) is 5.56 Å². The third kappa shape index (κ3) is 4.27. The third-order valence-electron chi connectivity index (χ3n) is 4.77. The SMILES string of the molecule is CN1CCN(Cc2cn[nH]c2-c2ccccc2)C[C@H](C(=O)N(C)C)C1. The van der Waals surface area contributed by atoms with E-state index in [0.717, 1.165) is 44.0 Å². The van der Waals surface area contributed by atoms with Gasteiger partial charge in [0.05, 0.1) is 17.8 Å². The fourth-order valence-electron chi connectivity index (χ4n) is 3.43. The van der Waals surface area contributed by atoms with Gasteiger partial charge in [0.2, 0.25) is 5.91 Å². The van der Waals surface area contributed by atoms with Crippen LogP contribution in [0.25, 0.3) is 11.3 Å². The van der Waals surface area contributed by atoms with Gasteiger partial charge in [-0.05, 0) is 12.6 Å². The molecular formula is C19H27N5O. The van der Waals surface area contributed by atoms with Crippen molar-refractivity contribution in [3.63, 3.8) is 0 Å². The van der Waals surface area contributed by atoms with Gasteiger partial charge in [0.1, 0.15) is 0 Å². The molecule has 1 atom stereocenters. The van der Waals surface area contributed by atoms with Crippen molar-refractivity contribution in [3.8, 4) is 11.3 Å². The molecule has 6 heteroatoms. The average molecular weight is 341 g/mol. The number of amides is 1. The lowest BCUT2D eigenvalue weighted by Gasteiger charge is -2.25. The van der Waals surface area contributed by atoms with Gasteiger partial charge in [-0.1, -0.05) is 30.3 Å². The van der Waals surface area contributed by atoms with Gasteiger partial charge < -0.3 is 9.80 Å². The van der Waals surface area contributed by atoms with E-state index < -0.39 is 0 Å². The zero-order valence-corrected chi connectivity index (χ0v) is 15.3. The first kappa shape index (κ1) is 17.6. The Morgan fingerprint density at radius 1 is 1.24 bits per heavy atom. The lowest BCUT2D eigenvalue weighted by atomic mass is 10.1. The summed E-state index contributed by atoms with van der Waals surface area (Å²) in [7, 11) is 5.76. The molecule has 0 spiro atoms. The summed E-state index contributed by atoms with van der Waals surface area (Å²) in [5.74, 6) is 0.212. The van der Waals surface area contributed by atoms with Gasteiger partial charge in [0.15, 0.2) is 0 Å². The van der Waals surface area contributed by atoms with Crippen LogP contribution in [-0.2, 0) is 11.3 Å². The minimum atomic E-state index is 0.00887. The molecule has 0 unspecified atom stereocenters. The topological polar surface area (TPSA) is 55.5 Å². The van der Waals surface area contributed by atoms with Crippen LogP contribution in [0.2, 0.25) is 0 Å². The molecule has 2 heterocycles. The summed E-state index contributed by atoms with van der Waals surface area (Å²) in [5, 5.41) is 7.37. The number of carbonyl (C=O) groups excluding carboxylic acids is 1. The highest BCUT2D eigenvalue weighted by Gasteiger charge is 2.28. The lowest BCUT2D eigenvalue weighted by Crippen LogP contribution is -2.40. The summed E-state index contributed by atoms with van der Waals surface area (Å²) < 4.78 is 0. The van der Waals surface area contributed by atoms with E-state index in [4.69, 9.17) is 0 Å². The average Bonchev–Trinajstić information content (AvgIpc) is 2.98. The summed E-state index contributed by atoms with van der Waals surface area (Å²) in [6, 6.07) is 10.3. The molecule has 0 aliphatic carbocycles. The number of benzene rings is 1. The van der Waals surface area contributed by atoms with E-state index in [-0.39, 0.29) is 11.8 Å². The molecule has 1 aromatic carbocycles. The van der Waals surface area contributed by atoms with Crippen LogP contribution in [0.4, 0.5) is 0 Å². The second-order valence-electron chi connectivity index (χ2n) is 7.06. The zero-order chi connectivity index (χ0) is 17.8. The Bertz CT molecular complexity index is 697. The summed E-state index contributed by atoms with van der Waals surface area (Å²) in [5.41, 5.74) is 3.38. The number of nitrogens with one attached hydrogen (secondary N) is 1. The second-order valence-corrected chi connectivity index (χ2v) is 7.06. The molecule has 1 saturated heterocycles. The maximum atomic E-state index is 12.5. The minimum Gasteiger partial charge on any atom is -0.348 e. The first-order valence-corrected chi connectivity index (χ1v) is 8.74. The largest absolute Gasteiger partial charge is 0.348 e. The number of hydrogen-bond acceptors (Lipinski definition) is 4. The van der Waals surface area contributed by atoms with E-state index in [2.05, 4.69) is 39.2 Å². The van der Waals surface area contributed by atoms with E-state index >= 15 is 0 Å². The maximum absolute atomic E-state index is 12.5. The van der Waals surface area contributed by atoms with Crippen LogP contribution < -0.4 is 0 Å². The number of likely N-dealkylation sites (N-methyl/N-ethyl adjacent to an activating group) is 1. The molecule has 1 amide bonds. The smallest absolute Gasteiger partial charge is 0.227 e. The Morgan fingerprint density at radius 3 is 2.72 bits per heavy atom. The summed E-state index contributed by atoms with van der Waals surface area (Å²) in [4.78, 5) is 18.8. The highest BCUT2D eigenvalue weighted by Crippen LogP contribution is 2.23. The fraction of sp³-hybridized carbons (Fsp3) is 0.474. The van der Waals surface area contributed by atoms with Crippen molar-refractivity contribution >= 4 is 5.91 Å². The van der Waals surface area contributed by atoms with Crippen molar-refractivity contribution in [3.05, 3.63) is 42.1 Å². The molecule has 3 rings (SSSR count). The predicted octanol–water partition coefficient (Wildman–Crippen LogP) is 1.53. The molecule has 6 nitrogen and oxygen atoms in total. The van der Waals surface area contributed by atoms with Crippen LogP contribution in [-0.4, -0.2) is 78.1 Å². The Balaban J connectivity index is 1.76. The number of rotatable bonds is 4. The first-order valence-electron chi connectivity index (χ1n) is 8.74. The number of hydrogen-bond donors (Lipinski definition) is 1. The second kappa shape index (κ2) is 7.80. The summed E-state index contributed by atoms with van der Waals surface area (Å²) >= 11 is 0. The highest BCUT2D eigenvalue weighted by atomic mass is 16.2. The van der Waals surface area contributed by atoms with Gasteiger partial charge in [0, 0.05) is 52.4 Å². The first-order chi connectivity index (χ1) is 12.0. The van der Waals surface area contributed by atoms with Crippen molar-refractivity contribution < 1.29 is 4.79 Å². The van der Waals surface area contributed by atoms with Gasteiger partial charge >= 0.3 is 0 Å². The molecule has 134 valence electrons. The number of nitrogens with zero attached hydrogens (tertiary/aromatic N) is 4. The van der Waals surface area contributed by atoms with Gasteiger partial charge in [-0.3, -0.25) is 14.8 Å². The van der Waals surface area contributed by atoms with Crippen LogP contribution in [0.15, 0.2) is 36.5 Å². The van der Waals surface area contributed by atoms with Gasteiger partial charge in [0.25, 0.3) is 0 Å². The number of carbonyl (C=O) groups is 1. The monoisotopic (exact) mass is 341 g/mol. The summed E-state index contributed by atoms with van der Waals surface area (Å²) in [6.45, 7) is 4.31. The van der Waals surface area contributed by atoms with Gasteiger partial charge in [-0.2, -0.15) is 5.10 Å². The van der Waals surface area contributed by atoms with E-state index in [0.29, 0.717) is 0 Å². The van der Waals surface area contributed by atoms with Crippen molar-refractivity contribution in [2.24, 2.45) is 5.92 Å². The fourth-order valence-corrected chi connectivity index (χ4v) is 3.43. The van der Waals surface area contributed by atoms with Crippen molar-refractivity contribution in [2.75, 3.05) is 47.3 Å². The van der Waals surface area contributed by atoms with Crippen LogP contribution in [0.3, 0.4) is 0 Å². The highest BCUT2D eigenvalue weighted by molar-refractivity contribution is 5.78. The minimum absolute atomic E-state index is 0.00887. The van der Waals surface area contributed by atoms with Crippen LogP contribution >= 0.6 is 0 Å². The van der Waals surface area contributed by atoms with Gasteiger partial charge in [-0.25, -0.2) is 0 Å².